The fourth-order valence-electron chi connectivity index (χ4n) is 1.06. The van der Waals surface area contributed by atoms with Gasteiger partial charge in [-0.1, -0.05) is 0 Å². The topological polar surface area (TPSA) is 53.2 Å². The van der Waals surface area contributed by atoms with Gasteiger partial charge in [-0.2, -0.15) is 18.4 Å². The molecule has 0 aromatic rings. The van der Waals surface area contributed by atoms with Gasteiger partial charge >= 0.3 is 6.18 Å². The highest BCUT2D eigenvalue weighted by Gasteiger charge is 2.30. The maximum Gasteiger partial charge on any atom is 0.389 e. The Morgan fingerprint density at radius 2 is 1.93 bits per heavy atom. The van der Waals surface area contributed by atoms with Gasteiger partial charge in [0.25, 0.3) is 0 Å². The van der Waals surface area contributed by atoms with Gasteiger partial charge in [0.05, 0.1) is 19.3 Å². The van der Waals surface area contributed by atoms with Gasteiger partial charge in [0.2, 0.25) is 0 Å². The predicted octanol–water partition coefficient (Wildman–Crippen LogP) is 2.01. The summed E-state index contributed by atoms with van der Waals surface area (Å²) in [6.07, 6.45) is -5.28. The van der Waals surface area contributed by atoms with Crippen molar-refractivity contribution in [2.24, 2.45) is 0 Å². The molecule has 0 aliphatic heterocycles. The summed E-state index contributed by atoms with van der Waals surface area (Å²) in [5.74, 6) is 0. The molecule has 3 nitrogen and oxygen atoms in total. The van der Waals surface area contributed by atoms with E-state index in [1.54, 1.807) is 6.07 Å². The van der Waals surface area contributed by atoms with Crippen molar-refractivity contribution in [1.29, 1.82) is 5.26 Å². The summed E-state index contributed by atoms with van der Waals surface area (Å²) in [7, 11) is 0. The maximum atomic E-state index is 11.8. The highest BCUT2D eigenvalue weighted by atomic mass is 19.4. The standard InChI is InChI=1S/C9H14F3NO2/c1-8(7-13,15-6-5-14)3-2-4-9(10,11)12/h14H,2-6H2,1H3. The molecule has 0 bridgehead atoms. The van der Waals surface area contributed by atoms with Crippen molar-refractivity contribution in [3.8, 4) is 6.07 Å². The zero-order valence-corrected chi connectivity index (χ0v) is 8.47. The number of hydrogen-bond acceptors (Lipinski definition) is 3. The van der Waals surface area contributed by atoms with Crippen molar-refractivity contribution in [3.63, 3.8) is 0 Å². The number of aliphatic hydroxyl groups excluding tert-OH is 1. The van der Waals surface area contributed by atoms with E-state index in [1.807, 2.05) is 0 Å². The van der Waals surface area contributed by atoms with Crippen LogP contribution >= 0.6 is 0 Å². The van der Waals surface area contributed by atoms with Crippen molar-refractivity contribution in [2.45, 2.75) is 38.0 Å². The molecule has 88 valence electrons. The molecule has 0 amide bonds. The summed E-state index contributed by atoms with van der Waals surface area (Å²) in [4.78, 5) is 0. The van der Waals surface area contributed by atoms with Gasteiger partial charge in [0, 0.05) is 6.42 Å². The summed E-state index contributed by atoms with van der Waals surface area (Å²) in [6, 6.07) is 1.80. The molecular formula is C9H14F3NO2. The largest absolute Gasteiger partial charge is 0.394 e. The third kappa shape index (κ3) is 7.17. The third-order valence-electron chi connectivity index (χ3n) is 1.86. The fourth-order valence-corrected chi connectivity index (χ4v) is 1.06. The van der Waals surface area contributed by atoms with Crippen LogP contribution in [0.3, 0.4) is 0 Å². The lowest BCUT2D eigenvalue weighted by Gasteiger charge is -2.21. The third-order valence-corrected chi connectivity index (χ3v) is 1.86. The van der Waals surface area contributed by atoms with Crippen molar-refractivity contribution < 1.29 is 23.0 Å². The summed E-state index contributed by atoms with van der Waals surface area (Å²) in [6.45, 7) is 1.12. The Bertz CT molecular complexity index is 224. The molecule has 0 rings (SSSR count). The zero-order chi connectivity index (χ0) is 11.9. The van der Waals surface area contributed by atoms with Gasteiger partial charge < -0.3 is 9.84 Å². The quantitative estimate of drug-likeness (QED) is 0.752. The smallest absolute Gasteiger partial charge is 0.389 e. The van der Waals surface area contributed by atoms with Gasteiger partial charge in [-0.25, -0.2) is 0 Å². The number of aliphatic hydroxyl groups is 1. The number of rotatable bonds is 6. The Labute approximate surface area is 86.5 Å². The zero-order valence-electron chi connectivity index (χ0n) is 8.47. The Balaban J connectivity index is 3.95. The van der Waals surface area contributed by atoms with Gasteiger partial charge in [-0.3, -0.25) is 0 Å². The van der Waals surface area contributed by atoms with Crippen LogP contribution in [0.2, 0.25) is 0 Å². The number of alkyl halides is 3. The molecule has 0 aromatic heterocycles. The highest BCUT2D eigenvalue weighted by molar-refractivity contribution is 4.98. The van der Waals surface area contributed by atoms with E-state index in [0.29, 0.717) is 0 Å². The van der Waals surface area contributed by atoms with E-state index in [2.05, 4.69) is 0 Å². The molecule has 1 atom stereocenters. The van der Waals surface area contributed by atoms with E-state index >= 15 is 0 Å². The van der Waals surface area contributed by atoms with Gasteiger partial charge in [0.1, 0.15) is 0 Å². The normalized spacial score (nSPS) is 15.7. The van der Waals surface area contributed by atoms with Crippen molar-refractivity contribution in [2.75, 3.05) is 13.2 Å². The molecule has 0 aromatic carbocycles. The Morgan fingerprint density at radius 3 is 2.33 bits per heavy atom. The van der Waals surface area contributed by atoms with Crippen LogP contribution in [0.5, 0.6) is 0 Å². The molecule has 6 heteroatoms. The lowest BCUT2D eigenvalue weighted by Crippen LogP contribution is -2.28. The minimum Gasteiger partial charge on any atom is -0.394 e. The molecule has 0 fully saturated rings. The van der Waals surface area contributed by atoms with Crippen LogP contribution in [0.1, 0.15) is 26.2 Å². The van der Waals surface area contributed by atoms with Crippen molar-refractivity contribution in [1.82, 2.24) is 0 Å². The molecule has 0 aliphatic rings. The molecule has 0 aliphatic carbocycles. The van der Waals surface area contributed by atoms with Gasteiger partial charge in [0.15, 0.2) is 5.60 Å². The van der Waals surface area contributed by atoms with Crippen LogP contribution in [0.4, 0.5) is 13.2 Å². The first-order valence-corrected chi connectivity index (χ1v) is 4.56. The summed E-state index contributed by atoms with van der Waals surface area (Å²) >= 11 is 0. The van der Waals surface area contributed by atoms with Crippen LogP contribution in [0, 0.1) is 11.3 Å². The highest BCUT2D eigenvalue weighted by Crippen LogP contribution is 2.26. The Morgan fingerprint density at radius 1 is 1.33 bits per heavy atom. The molecule has 0 spiro atoms. The minimum atomic E-state index is -4.20. The first kappa shape index (κ1) is 14.2. The predicted molar refractivity (Wildman–Crippen MR) is 47.0 cm³/mol. The van der Waals surface area contributed by atoms with Crippen molar-refractivity contribution >= 4 is 0 Å². The average molecular weight is 225 g/mol. The van der Waals surface area contributed by atoms with E-state index in [4.69, 9.17) is 15.1 Å². The molecule has 0 heterocycles. The minimum absolute atomic E-state index is 0.00299. The number of ether oxygens (including phenoxy) is 1. The Hall–Kier alpha value is -0.800. The molecule has 0 radical (unpaired) electrons. The average Bonchev–Trinajstić information content (AvgIpc) is 2.13. The molecular weight excluding hydrogens is 211 g/mol. The van der Waals surface area contributed by atoms with Crippen LogP contribution in [-0.2, 0) is 4.74 Å². The second-order valence-corrected chi connectivity index (χ2v) is 3.38. The van der Waals surface area contributed by atoms with Crippen LogP contribution in [0.25, 0.3) is 0 Å². The SMILES string of the molecule is CC(C#N)(CCCC(F)(F)F)OCCO. The Kier molecular flexibility index (Phi) is 5.61. The lowest BCUT2D eigenvalue weighted by atomic mass is 10.0. The van der Waals surface area contributed by atoms with E-state index in [9.17, 15) is 13.2 Å². The van der Waals surface area contributed by atoms with Crippen LogP contribution in [0.15, 0.2) is 0 Å². The number of nitrogens with zero attached hydrogens (tertiary/aromatic N) is 1. The number of nitriles is 1. The van der Waals surface area contributed by atoms with Crippen molar-refractivity contribution in [3.05, 3.63) is 0 Å². The maximum absolute atomic E-state index is 11.8. The summed E-state index contributed by atoms with van der Waals surface area (Å²) in [5, 5.41) is 17.2. The second-order valence-electron chi connectivity index (χ2n) is 3.38. The molecule has 1 N–H and O–H groups in total. The fraction of sp³-hybridized carbons (Fsp3) is 0.889. The molecule has 0 saturated heterocycles. The first-order valence-electron chi connectivity index (χ1n) is 4.56. The van der Waals surface area contributed by atoms with Crippen LogP contribution < -0.4 is 0 Å². The van der Waals surface area contributed by atoms with Crippen LogP contribution in [-0.4, -0.2) is 30.1 Å². The monoisotopic (exact) mass is 225 g/mol. The van der Waals surface area contributed by atoms with E-state index in [0.717, 1.165) is 0 Å². The number of hydrogen-bond donors (Lipinski definition) is 1. The molecule has 15 heavy (non-hydrogen) atoms. The summed E-state index contributed by atoms with van der Waals surface area (Å²) < 4.78 is 40.4. The van der Waals surface area contributed by atoms with Gasteiger partial charge in [-0.05, 0) is 19.8 Å². The van der Waals surface area contributed by atoms with E-state index in [-0.39, 0.29) is 26.1 Å². The first-order chi connectivity index (χ1) is 6.83. The van der Waals surface area contributed by atoms with E-state index in [1.165, 1.54) is 6.92 Å². The van der Waals surface area contributed by atoms with E-state index < -0.39 is 18.2 Å². The number of halogens is 3. The summed E-state index contributed by atoms with van der Waals surface area (Å²) in [5.41, 5.74) is -1.24. The molecule has 1 unspecified atom stereocenters. The lowest BCUT2D eigenvalue weighted by molar-refractivity contribution is -0.138. The molecule has 0 saturated carbocycles. The van der Waals surface area contributed by atoms with Gasteiger partial charge in [-0.15, -0.1) is 0 Å². The second kappa shape index (κ2) is 5.93.